The second-order valence-electron chi connectivity index (χ2n) is 7.72. The van der Waals surface area contributed by atoms with Crippen molar-refractivity contribution < 1.29 is 14.6 Å². The molecule has 0 saturated carbocycles. The third kappa shape index (κ3) is 5.44. The van der Waals surface area contributed by atoms with Crippen molar-refractivity contribution in [3.8, 4) is 5.75 Å². The molecule has 0 radical (unpaired) electrons. The van der Waals surface area contributed by atoms with Gasteiger partial charge in [0.15, 0.2) is 0 Å². The Labute approximate surface area is 188 Å². The highest BCUT2D eigenvalue weighted by Gasteiger charge is 2.19. The number of nitrogens with zero attached hydrogens (tertiary/aromatic N) is 2. The number of carboxylic acid groups (broad SMARTS) is 1. The van der Waals surface area contributed by atoms with Crippen molar-refractivity contribution in [1.82, 2.24) is 9.55 Å². The summed E-state index contributed by atoms with van der Waals surface area (Å²) in [5.74, 6) is 0.973. The van der Waals surface area contributed by atoms with Crippen molar-refractivity contribution in [2.45, 2.75) is 53.0 Å². The number of imidazole rings is 1. The number of benzene rings is 1. The van der Waals surface area contributed by atoms with E-state index in [-0.39, 0.29) is 0 Å². The molecule has 164 valence electrons. The minimum Gasteiger partial charge on any atom is -0.496 e. The van der Waals surface area contributed by atoms with Gasteiger partial charge in [-0.25, -0.2) is 9.78 Å². The van der Waals surface area contributed by atoms with E-state index in [4.69, 9.17) is 4.74 Å². The Morgan fingerprint density at radius 2 is 2.10 bits per heavy atom. The lowest BCUT2D eigenvalue weighted by atomic mass is 10.0. The number of thiophene rings is 1. The van der Waals surface area contributed by atoms with Gasteiger partial charge in [0.25, 0.3) is 0 Å². The van der Waals surface area contributed by atoms with Gasteiger partial charge in [-0.3, -0.25) is 0 Å². The number of aliphatic carboxylic acids is 1. The molecule has 0 aliphatic rings. The Morgan fingerprint density at radius 1 is 1.29 bits per heavy atom. The molecule has 1 aromatic carbocycles. The van der Waals surface area contributed by atoms with E-state index in [2.05, 4.69) is 28.6 Å². The zero-order valence-corrected chi connectivity index (χ0v) is 19.5. The summed E-state index contributed by atoms with van der Waals surface area (Å²) < 4.78 is 7.56. The second-order valence-corrected chi connectivity index (χ2v) is 8.75. The Hall–Kier alpha value is -2.86. The van der Waals surface area contributed by atoms with E-state index >= 15 is 0 Å². The van der Waals surface area contributed by atoms with Crippen LogP contribution in [0.2, 0.25) is 0 Å². The van der Waals surface area contributed by atoms with Crippen molar-refractivity contribution in [2.75, 3.05) is 7.11 Å². The number of allylic oxidation sites excluding steroid dienone is 1. The molecule has 0 unspecified atom stereocenters. The highest BCUT2D eigenvalue weighted by molar-refractivity contribution is 7.09. The van der Waals surface area contributed by atoms with Crippen LogP contribution in [0.15, 0.2) is 47.5 Å². The summed E-state index contributed by atoms with van der Waals surface area (Å²) in [6.07, 6.45) is 5.23. The van der Waals surface area contributed by atoms with E-state index in [1.54, 1.807) is 18.4 Å². The van der Waals surface area contributed by atoms with Crippen molar-refractivity contribution in [2.24, 2.45) is 0 Å². The zero-order chi connectivity index (χ0) is 22.4. The summed E-state index contributed by atoms with van der Waals surface area (Å²) >= 11 is 1.58. The Balaban J connectivity index is 2.03. The molecule has 0 fully saturated rings. The largest absolute Gasteiger partial charge is 0.496 e. The van der Waals surface area contributed by atoms with Crippen LogP contribution in [0.4, 0.5) is 0 Å². The van der Waals surface area contributed by atoms with Crippen molar-refractivity contribution in [1.29, 1.82) is 0 Å². The highest BCUT2D eigenvalue weighted by Crippen LogP contribution is 2.27. The van der Waals surface area contributed by atoms with Crippen LogP contribution < -0.4 is 4.74 Å². The van der Waals surface area contributed by atoms with E-state index in [0.29, 0.717) is 18.5 Å². The molecule has 2 heterocycles. The van der Waals surface area contributed by atoms with Gasteiger partial charge in [0.1, 0.15) is 11.6 Å². The molecule has 0 aliphatic heterocycles. The Morgan fingerprint density at radius 3 is 2.71 bits per heavy atom. The number of hydrogen-bond acceptors (Lipinski definition) is 4. The number of rotatable bonds is 10. The van der Waals surface area contributed by atoms with Crippen LogP contribution in [-0.4, -0.2) is 27.7 Å². The maximum Gasteiger partial charge on any atom is 0.332 e. The molecule has 1 N–H and O–H groups in total. The minimum atomic E-state index is -0.881. The average molecular weight is 439 g/mol. The molecule has 0 atom stereocenters. The molecule has 0 aliphatic carbocycles. The first-order valence-electron chi connectivity index (χ1n) is 10.6. The average Bonchev–Trinajstić information content (AvgIpc) is 3.40. The second kappa shape index (κ2) is 10.4. The first kappa shape index (κ1) is 22.8. The molecule has 2 aromatic heterocycles. The summed E-state index contributed by atoms with van der Waals surface area (Å²) in [6.45, 7) is 6.73. The summed E-state index contributed by atoms with van der Waals surface area (Å²) in [5, 5.41) is 11.9. The molecule has 3 aromatic rings. The van der Waals surface area contributed by atoms with Crippen LogP contribution in [0.3, 0.4) is 0 Å². The molecule has 0 bridgehead atoms. The summed E-state index contributed by atoms with van der Waals surface area (Å²) in [7, 11) is 1.67. The fraction of sp³-hybridized carbons (Fsp3) is 0.360. The van der Waals surface area contributed by atoms with Gasteiger partial charge < -0.3 is 14.4 Å². The quantitative estimate of drug-likeness (QED) is 0.409. The molecule has 31 heavy (non-hydrogen) atoms. The summed E-state index contributed by atoms with van der Waals surface area (Å²) in [5.41, 5.74) is 4.26. The van der Waals surface area contributed by atoms with E-state index in [9.17, 15) is 9.90 Å². The number of aryl methyl sites for hydroxylation is 2. The smallest absolute Gasteiger partial charge is 0.332 e. The lowest BCUT2D eigenvalue weighted by molar-refractivity contribution is -0.132. The maximum atomic E-state index is 12.1. The number of hydrogen-bond donors (Lipinski definition) is 1. The number of methoxy groups -OCH3 is 1. The van der Waals surface area contributed by atoms with Crippen molar-refractivity contribution in [3.63, 3.8) is 0 Å². The van der Waals surface area contributed by atoms with Crippen LogP contribution in [0.5, 0.6) is 5.75 Å². The zero-order valence-electron chi connectivity index (χ0n) is 18.6. The number of unbranched alkanes of at least 4 members (excludes halogenated alkanes) is 1. The predicted octanol–water partition coefficient (Wildman–Crippen LogP) is 5.75. The summed E-state index contributed by atoms with van der Waals surface area (Å²) in [6, 6.07) is 10.1. The Bertz CT molecular complexity index is 1060. The van der Waals surface area contributed by atoms with Crippen LogP contribution in [0.1, 0.15) is 54.2 Å². The van der Waals surface area contributed by atoms with Gasteiger partial charge in [0, 0.05) is 29.8 Å². The van der Waals surface area contributed by atoms with Gasteiger partial charge in [-0.2, -0.15) is 0 Å². The molecular formula is C25H30N2O3S. The standard InChI is InChI=1S/C25H30N2O3S/c1-5-6-9-24-26-15-22(18(3)21(25(28)29)14-20-8-7-12-31-20)27(24)16-19-10-11-23(30-4)17(2)13-19/h7-8,10-13,15H,5-6,9,14,16H2,1-4H3,(H,28,29). The van der Waals surface area contributed by atoms with Gasteiger partial charge in [0.2, 0.25) is 0 Å². The number of ether oxygens (including phenoxy) is 1. The molecule has 3 rings (SSSR count). The molecule has 6 heteroatoms. The lowest BCUT2D eigenvalue weighted by Gasteiger charge is -2.15. The monoisotopic (exact) mass is 438 g/mol. The number of aromatic nitrogens is 2. The SMILES string of the molecule is CCCCc1ncc(C(C)=C(Cc2cccs2)C(=O)O)n1Cc1ccc(OC)c(C)c1. The van der Waals surface area contributed by atoms with Crippen LogP contribution in [0.25, 0.3) is 5.57 Å². The molecule has 0 saturated heterocycles. The molecule has 0 spiro atoms. The predicted molar refractivity (Wildman–Crippen MR) is 126 cm³/mol. The fourth-order valence-electron chi connectivity index (χ4n) is 3.76. The van der Waals surface area contributed by atoms with Crippen molar-refractivity contribution in [3.05, 3.63) is 75.0 Å². The van der Waals surface area contributed by atoms with E-state index < -0.39 is 5.97 Å². The van der Waals surface area contributed by atoms with Gasteiger partial charge in [0.05, 0.1) is 19.0 Å². The molecule has 0 amide bonds. The third-order valence-corrected chi connectivity index (χ3v) is 6.39. The molecule has 5 nitrogen and oxygen atoms in total. The maximum absolute atomic E-state index is 12.1. The van der Waals surface area contributed by atoms with E-state index in [0.717, 1.165) is 58.1 Å². The first-order valence-corrected chi connectivity index (χ1v) is 11.5. The number of carboxylic acids is 1. The van der Waals surface area contributed by atoms with Gasteiger partial charge in [-0.05, 0) is 54.5 Å². The van der Waals surface area contributed by atoms with E-state index in [1.807, 2.05) is 43.6 Å². The van der Waals surface area contributed by atoms with Gasteiger partial charge in [-0.1, -0.05) is 31.5 Å². The Kier molecular flexibility index (Phi) is 7.69. The topological polar surface area (TPSA) is 64.3 Å². The van der Waals surface area contributed by atoms with Gasteiger partial charge >= 0.3 is 5.97 Å². The summed E-state index contributed by atoms with van der Waals surface area (Å²) in [4.78, 5) is 17.8. The minimum absolute atomic E-state index is 0.413. The van der Waals surface area contributed by atoms with Crippen LogP contribution in [0, 0.1) is 6.92 Å². The first-order chi connectivity index (χ1) is 14.9. The van der Waals surface area contributed by atoms with E-state index in [1.165, 1.54) is 0 Å². The normalized spacial score (nSPS) is 12.0. The number of carbonyl (C=O) groups is 1. The van der Waals surface area contributed by atoms with Crippen LogP contribution in [-0.2, 0) is 24.2 Å². The van der Waals surface area contributed by atoms with Crippen molar-refractivity contribution >= 4 is 22.9 Å². The van der Waals surface area contributed by atoms with Crippen LogP contribution >= 0.6 is 11.3 Å². The van der Waals surface area contributed by atoms with Gasteiger partial charge in [-0.15, -0.1) is 11.3 Å². The molecular weight excluding hydrogens is 408 g/mol. The third-order valence-electron chi connectivity index (χ3n) is 5.52. The fourth-order valence-corrected chi connectivity index (χ4v) is 4.47. The highest BCUT2D eigenvalue weighted by atomic mass is 32.1. The lowest BCUT2D eigenvalue weighted by Crippen LogP contribution is -2.12.